The Labute approximate surface area is 115 Å². The first-order valence-electron chi connectivity index (χ1n) is 6.39. The summed E-state index contributed by atoms with van der Waals surface area (Å²) >= 11 is 0. The van der Waals surface area contributed by atoms with Crippen molar-refractivity contribution in [2.75, 3.05) is 32.9 Å². The van der Waals surface area contributed by atoms with Crippen LogP contribution in [0.3, 0.4) is 0 Å². The van der Waals surface area contributed by atoms with Gasteiger partial charge in [-0.1, -0.05) is 0 Å². The molecule has 0 radical (unpaired) electrons. The summed E-state index contributed by atoms with van der Waals surface area (Å²) in [5.41, 5.74) is 0. The molecule has 2 aliphatic rings. The highest BCUT2D eigenvalue weighted by molar-refractivity contribution is 5.85. The molecule has 2 rings (SSSR count). The number of rotatable bonds is 2. The number of carbonyl (C=O) groups is 1. The lowest BCUT2D eigenvalue weighted by molar-refractivity contribution is -0.144. The first-order chi connectivity index (χ1) is 8.16. The fourth-order valence-electron chi connectivity index (χ4n) is 2.33. The zero-order valence-corrected chi connectivity index (χ0v) is 11.9. The molecule has 1 amide bonds. The van der Waals surface area contributed by atoms with E-state index in [1.54, 1.807) is 0 Å². The maximum absolute atomic E-state index is 12.2. The van der Waals surface area contributed by atoms with Crippen LogP contribution < -0.4 is 5.32 Å². The van der Waals surface area contributed by atoms with Crippen molar-refractivity contribution in [2.24, 2.45) is 0 Å². The standard InChI is InChI=1S/C12H22N2O3.ClH/c1-9-7-17-10(2)6-14(9)12(15)5-11-8-16-4-3-13-11;/h9-11,13H,3-8H2,1-2H3;1H. The zero-order valence-electron chi connectivity index (χ0n) is 11.1. The molecule has 0 aliphatic carbocycles. The van der Waals surface area contributed by atoms with Crippen molar-refractivity contribution in [1.82, 2.24) is 10.2 Å². The lowest BCUT2D eigenvalue weighted by Crippen LogP contribution is -2.52. The van der Waals surface area contributed by atoms with Crippen LogP contribution in [-0.2, 0) is 14.3 Å². The van der Waals surface area contributed by atoms with E-state index in [-0.39, 0.29) is 36.5 Å². The van der Waals surface area contributed by atoms with Crippen molar-refractivity contribution in [3.05, 3.63) is 0 Å². The van der Waals surface area contributed by atoms with E-state index in [4.69, 9.17) is 9.47 Å². The van der Waals surface area contributed by atoms with Crippen molar-refractivity contribution in [1.29, 1.82) is 0 Å². The van der Waals surface area contributed by atoms with Gasteiger partial charge in [-0.2, -0.15) is 0 Å². The SMILES string of the molecule is CC1CN(C(=O)CC2COCCN2)C(C)CO1.Cl. The molecular weight excluding hydrogens is 256 g/mol. The summed E-state index contributed by atoms with van der Waals surface area (Å²) in [6.45, 7) is 7.61. The van der Waals surface area contributed by atoms with Gasteiger partial charge in [-0.3, -0.25) is 4.79 Å². The van der Waals surface area contributed by atoms with Crippen LogP contribution in [0.5, 0.6) is 0 Å². The van der Waals surface area contributed by atoms with Crippen LogP contribution in [0, 0.1) is 0 Å². The van der Waals surface area contributed by atoms with E-state index in [0.717, 1.165) is 13.2 Å². The fourth-order valence-corrected chi connectivity index (χ4v) is 2.33. The number of nitrogens with zero attached hydrogens (tertiary/aromatic N) is 1. The van der Waals surface area contributed by atoms with Gasteiger partial charge in [-0.25, -0.2) is 0 Å². The Morgan fingerprint density at radius 1 is 1.39 bits per heavy atom. The minimum atomic E-state index is 0. The highest BCUT2D eigenvalue weighted by atomic mass is 35.5. The molecule has 0 saturated carbocycles. The summed E-state index contributed by atoms with van der Waals surface area (Å²) in [6.07, 6.45) is 0.669. The molecule has 2 aliphatic heterocycles. The molecule has 0 spiro atoms. The Bertz CT molecular complexity index is 272. The van der Waals surface area contributed by atoms with E-state index in [9.17, 15) is 4.79 Å². The molecule has 18 heavy (non-hydrogen) atoms. The molecule has 2 saturated heterocycles. The third kappa shape index (κ3) is 4.09. The number of hydrogen-bond donors (Lipinski definition) is 1. The van der Waals surface area contributed by atoms with Gasteiger partial charge in [0.1, 0.15) is 0 Å². The highest BCUT2D eigenvalue weighted by Gasteiger charge is 2.29. The van der Waals surface area contributed by atoms with E-state index in [1.807, 2.05) is 18.7 Å². The largest absolute Gasteiger partial charge is 0.378 e. The minimum absolute atomic E-state index is 0. The molecule has 3 unspecified atom stereocenters. The van der Waals surface area contributed by atoms with Gasteiger partial charge in [0.2, 0.25) is 5.91 Å². The average Bonchev–Trinajstić information content (AvgIpc) is 2.33. The van der Waals surface area contributed by atoms with Crippen molar-refractivity contribution in [3.63, 3.8) is 0 Å². The molecule has 1 N–H and O–H groups in total. The first kappa shape index (κ1) is 15.7. The molecule has 5 nitrogen and oxygen atoms in total. The Morgan fingerprint density at radius 2 is 2.17 bits per heavy atom. The van der Waals surface area contributed by atoms with Crippen LogP contribution >= 0.6 is 12.4 Å². The number of ether oxygens (including phenoxy) is 2. The summed E-state index contributed by atoms with van der Waals surface area (Å²) < 4.78 is 10.9. The van der Waals surface area contributed by atoms with Crippen molar-refractivity contribution >= 4 is 18.3 Å². The van der Waals surface area contributed by atoms with E-state index in [2.05, 4.69) is 5.32 Å². The topological polar surface area (TPSA) is 50.8 Å². The van der Waals surface area contributed by atoms with Crippen molar-refractivity contribution in [3.8, 4) is 0 Å². The number of carbonyl (C=O) groups excluding carboxylic acids is 1. The molecule has 0 bridgehead atoms. The van der Waals surface area contributed by atoms with Gasteiger partial charge in [0.25, 0.3) is 0 Å². The fraction of sp³-hybridized carbons (Fsp3) is 0.917. The second kappa shape index (κ2) is 7.28. The predicted molar refractivity (Wildman–Crippen MR) is 71.1 cm³/mol. The van der Waals surface area contributed by atoms with Gasteiger partial charge in [-0.05, 0) is 13.8 Å². The molecule has 0 aromatic rings. The Hall–Kier alpha value is -0.360. The van der Waals surface area contributed by atoms with Crippen LogP contribution in [0.1, 0.15) is 20.3 Å². The summed E-state index contributed by atoms with van der Waals surface area (Å²) in [5, 5.41) is 3.31. The molecule has 0 aromatic carbocycles. The van der Waals surface area contributed by atoms with Gasteiger partial charge in [0.15, 0.2) is 0 Å². The first-order valence-corrected chi connectivity index (χ1v) is 6.39. The second-order valence-electron chi connectivity index (χ2n) is 4.97. The second-order valence-corrected chi connectivity index (χ2v) is 4.97. The van der Waals surface area contributed by atoms with Crippen LogP contribution in [0.15, 0.2) is 0 Å². The number of hydrogen-bond acceptors (Lipinski definition) is 4. The molecule has 6 heteroatoms. The summed E-state index contributed by atoms with van der Waals surface area (Å²) in [7, 11) is 0. The number of halogens is 1. The molecule has 2 fully saturated rings. The molecule has 0 aromatic heterocycles. The number of nitrogens with one attached hydrogen (secondary N) is 1. The van der Waals surface area contributed by atoms with Crippen LogP contribution in [0.25, 0.3) is 0 Å². The molecule has 2 heterocycles. The smallest absolute Gasteiger partial charge is 0.224 e. The maximum atomic E-state index is 12.2. The number of amides is 1. The van der Waals surface area contributed by atoms with Gasteiger partial charge < -0.3 is 19.7 Å². The van der Waals surface area contributed by atoms with Crippen LogP contribution in [0.2, 0.25) is 0 Å². The molecular formula is C12H23ClN2O3. The van der Waals surface area contributed by atoms with E-state index >= 15 is 0 Å². The predicted octanol–water partition coefficient (Wildman–Crippen LogP) is 0.422. The monoisotopic (exact) mass is 278 g/mol. The number of morpholine rings is 2. The van der Waals surface area contributed by atoms with Gasteiger partial charge in [-0.15, -0.1) is 12.4 Å². The van der Waals surface area contributed by atoms with E-state index in [1.165, 1.54) is 0 Å². The third-order valence-corrected chi connectivity index (χ3v) is 3.35. The highest BCUT2D eigenvalue weighted by Crippen LogP contribution is 2.14. The summed E-state index contributed by atoms with van der Waals surface area (Å²) in [5.74, 6) is 0.204. The lowest BCUT2D eigenvalue weighted by Gasteiger charge is -2.37. The zero-order chi connectivity index (χ0) is 12.3. The third-order valence-electron chi connectivity index (χ3n) is 3.35. The van der Waals surface area contributed by atoms with Crippen molar-refractivity contribution < 1.29 is 14.3 Å². The van der Waals surface area contributed by atoms with E-state index < -0.39 is 0 Å². The summed E-state index contributed by atoms with van der Waals surface area (Å²) in [6, 6.07) is 0.352. The van der Waals surface area contributed by atoms with Gasteiger partial charge in [0, 0.05) is 25.6 Å². The Balaban J connectivity index is 0.00000162. The van der Waals surface area contributed by atoms with Crippen molar-refractivity contribution in [2.45, 2.75) is 38.5 Å². The molecule has 106 valence electrons. The van der Waals surface area contributed by atoms with E-state index in [0.29, 0.717) is 26.2 Å². The quantitative estimate of drug-likeness (QED) is 0.796. The lowest BCUT2D eigenvalue weighted by atomic mass is 10.1. The van der Waals surface area contributed by atoms with Crippen LogP contribution in [0.4, 0.5) is 0 Å². The Kier molecular flexibility index (Phi) is 6.35. The van der Waals surface area contributed by atoms with Gasteiger partial charge >= 0.3 is 0 Å². The maximum Gasteiger partial charge on any atom is 0.224 e. The Morgan fingerprint density at radius 3 is 2.83 bits per heavy atom. The normalized spacial score (nSPS) is 32.8. The molecule has 3 atom stereocenters. The summed E-state index contributed by atoms with van der Waals surface area (Å²) in [4.78, 5) is 14.1. The minimum Gasteiger partial charge on any atom is -0.378 e. The van der Waals surface area contributed by atoms with Gasteiger partial charge in [0.05, 0.1) is 32.0 Å². The van der Waals surface area contributed by atoms with Crippen LogP contribution in [-0.4, -0.2) is 61.9 Å². The average molecular weight is 279 g/mol.